The van der Waals surface area contributed by atoms with Crippen molar-refractivity contribution in [2.75, 3.05) is 6.54 Å². The fraction of sp³-hybridized carbons (Fsp3) is 0.692. The van der Waals surface area contributed by atoms with Gasteiger partial charge in [0.2, 0.25) is 10.0 Å². The molecule has 4 N–H and O–H groups in total. The van der Waals surface area contributed by atoms with Crippen molar-refractivity contribution in [1.29, 1.82) is 0 Å². The molecule has 0 bridgehead atoms. The molecule has 0 aliphatic carbocycles. The van der Waals surface area contributed by atoms with Crippen LogP contribution in [0.15, 0.2) is 4.90 Å². The quantitative estimate of drug-likeness (QED) is 0.696. The Bertz CT molecular complexity index is 593. The number of hydrogen-bond acceptors (Lipinski definition) is 4. The molecule has 1 amide bonds. The molecule has 0 aliphatic heterocycles. The number of aryl methyl sites for hydroxylation is 1. The number of hydrogen-bond donors (Lipinski definition) is 3. The largest absolute Gasteiger partial charge is 0.350 e. The van der Waals surface area contributed by atoms with Gasteiger partial charge >= 0.3 is 0 Å². The molecule has 1 aromatic rings. The Morgan fingerprint density at radius 1 is 1.38 bits per heavy atom. The van der Waals surface area contributed by atoms with E-state index in [1.54, 1.807) is 0 Å². The maximum Gasteiger partial charge on any atom is 0.273 e. The molecule has 1 unspecified atom stereocenters. The number of nitrogens with zero attached hydrogens (tertiary/aromatic N) is 1. The van der Waals surface area contributed by atoms with Crippen LogP contribution in [0.2, 0.25) is 0 Å². The zero-order valence-corrected chi connectivity index (χ0v) is 13.8. The smallest absolute Gasteiger partial charge is 0.273 e. The average molecular weight is 316 g/mol. The third kappa shape index (κ3) is 4.53. The lowest BCUT2D eigenvalue weighted by atomic mass is 9.98. The number of nitrogens with one attached hydrogen (secondary N) is 2. The van der Waals surface area contributed by atoms with Crippen LogP contribution in [-0.2, 0) is 16.4 Å². The van der Waals surface area contributed by atoms with Gasteiger partial charge in [0.05, 0.1) is 5.69 Å². The van der Waals surface area contributed by atoms with Crippen molar-refractivity contribution in [2.45, 2.75) is 45.4 Å². The second kappa shape index (κ2) is 7.04. The lowest BCUT2D eigenvalue weighted by molar-refractivity contribution is 0.0936. The Morgan fingerprint density at radius 3 is 2.48 bits per heavy atom. The Morgan fingerprint density at radius 2 is 2.00 bits per heavy atom. The maximum absolute atomic E-state index is 12.1. The van der Waals surface area contributed by atoms with E-state index in [0.29, 0.717) is 24.6 Å². The molecule has 1 aromatic heterocycles. The monoisotopic (exact) mass is 316 g/mol. The highest BCUT2D eigenvalue weighted by molar-refractivity contribution is 7.89. The topological polar surface area (TPSA) is 118 Å². The summed E-state index contributed by atoms with van der Waals surface area (Å²) in [6.45, 7) is 8.48. The van der Waals surface area contributed by atoms with Crippen molar-refractivity contribution in [3.8, 4) is 0 Å². The van der Waals surface area contributed by atoms with Crippen LogP contribution in [0.1, 0.15) is 50.3 Å². The summed E-state index contributed by atoms with van der Waals surface area (Å²) >= 11 is 0. The molecule has 0 aromatic carbocycles. The molecular weight excluding hydrogens is 292 g/mol. The van der Waals surface area contributed by atoms with Crippen molar-refractivity contribution >= 4 is 15.9 Å². The zero-order valence-electron chi connectivity index (χ0n) is 12.9. The number of aromatic amines is 1. The average Bonchev–Trinajstić information content (AvgIpc) is 2.79. The van der Waals surface area contributed by atoms with E-state index in [9.17, 15) is 13.2 Å². The molecule has 0 fully saturated rings. The highest BCUT2D eigenvalue weighted by Gasteiger charge is 2.27. The maximum atomic E-state index is 12.1. The Kier molecular flexibility index (Phi) is 5.91. The van der Waals surface area contributed by atoms with Crippen molar-refractivity contribution in [3.63, 3.8) is 0 Å². The van der Waals surface area contributed by atoms with E-state index in [1.807, 2.05) is 13.8 Å². The van der Waals surface area contributed by atoms with Crippen LogP contribution in [0, 0.1) is 11.8 Å². The van der Waals surface area contributed by atoms with Gasteiger partial charge in [0.25, 0.3) is 5.91 Å². The van der Waals surface area contributed by atoms with Crippen molar-refractivity contribution in [1.82, 2.24) is 15.5 Å². The molecule has 7 nitrogen and oxygen atoms in total. The van der Waals surface area contributed by atoms with Gasteiger partial charge < -0.3 is 5.32 Å². The van der Waals surface area contributed by atoms with Gasteiger partial charge in [-0.25, -0.2) is 13.6 Å². The Labute approximate surface area is 125 Å². The highest BCUT2D eigenvalue weighted by Crippen LogP contribution is 2.18. The number of carbonyl (C=O) groups is 1. The van der Waals surface area contributed by atoms with Crippen LogP contribution in [0.25, 0.3) is 0 Å². The van der Waals surface area contributed by atoms with Crippen LogP contribution in [0.5, 0.6) is 0 Å². The van der Waals surface area contributed by atoms with E-state index in [-0.39, 0.29) is 16.5 Å². The first kappa shape index (κ1) is 17.6. The highest BCUT2D eigenvalue weighted by atomic mass is 32.2. The molecule has 1 heterocycles. The van der Waals surface area contributed by atoms with Crippen molar-refractivity contribution in [3.05, 3.63) is 11.4 Å². The van der Waals surface area contributed by atoms with Crippen LogP contribution < -0.4 is 10.5 Å². The number of primary sulfonamides is 1. The molecule has 0 radical (unpaired) electrons. The van der Waals surface area contributed by atoms with Gasteiger partial charge in [0, 0.05) is 6.54 Å². The Hall–Kier alpha value is -1.41. The van der Waals surface area contributed by atoms with E-state index in [4.69, 9.17) is 5.14 Å². The lowest BCUT2D eigenvalue weighted by Gasteiger charge is -2.15. The van der Waals surface area contributed by atoms with Crippen LogP contribution in [0.4, 0.5) is 0 Å². The summed E-state index contributed by atoms with van der Waals surface area (Å²) in [6.07, 6.45) is 1.19. The van der Waals surface area contributed by atoms with E-state index in [2.05, 4.69) is 29.4 Å². The first-order chi connectivity index (χ1) is 9.68. The summed E-state index contributed by atoms with van der Waals surface area (Å²) in [7, 11) is -4.00. The van der Waals surface area contributed by atoms with Gasteiger partial charge in [-0.15, -0.1) is 0 Å². The normalized spacial score (nSPS) is 13.4. The number of rotatable bonds is 7. The predicted octanol–water partition coefficient (Wildman–Crippen LogP) is 1.03. The molecule has 0 spiro atoms. The first-order valence-corrected chi connectivity index (χ1v) is 8.61. The van der Waals surface area contributed by atoms with E-state index in [0.717, 1.165) is 6.42 Å². The first-order valence-electron chi connectivity index (χ1n) is 7.06. The second-order valence-corrected chi connectivity index (χ2v) is 7.10. The van der Waals surface area contributed by atoms with Crippen molar-refractivity contribution in [2.24, 2.45) is 17.0 Å². The minimum Gasteiger partial charge on any atom is -0.350 e. The number of amides is 1. The summed E-state index contributed by atoms with van der Waals surface area (Å²) in [6, 6.07) is 0. The molecule has 1 atom stereocenters. The second-order valence-electron chi connectivity index (χ2n) is 5.61. The molecule has 21 heavy (non-hydrogen) atoms. The molecule has 120 valence electrons. The molecule has 1 rings (SSSR count). The third-order valence-electron chi connectivity index (χ3n) is 3.51. The number of carbonyl (C=O) groups excluding carboxylic acids is 1. The predicted molar refractivity (Wildman–Crippen MR) is 80.3 cm³/mol. The molecule has 0 saturated heterocycles. The minimum absolute atomic E-state index is 0.156. The summed E-state index contributed by atoms with van der Waals surface area (Å²) in [5, 5.41) is 14.3. The fourth-order valence-corrected chi connectivity index (χ4v) is 2.72. The van der Waals surface area contributed by atoms with Gasteiger partial charge in [-0.2, -0.15) is 5.10 Å². The van der Waals surface area contributed by atoms with E-state index in [1.165, 1.54) is 0 Å². The standard InChI is InChI=1S/C13H24N4O3S/c1-5-6-10-12(21(14,19)20)11(17-16-10)13(18)15-7-9(4)8(2)3/h8-9H,5-7H2,1-4H3,(H,15,18)(H,16,17)(H2,14,19,20). The zero-order chi connectivity index (χ0) is 16.2. The van der Waals surface area contributed by atoms with Crippen LogP contribution in [-0.4, -0.2) is 31.1 Å². The van der Waals surface area contributed by atoms with Gasteiger partial charge in [0.1, 0.15) is 4.90 Å². The summed E-state index contributed by atoms with van der Waals surface area (Å²) in [5.74, 6) is 0.170. The number of aromatic nitrogens is 2. The molecular formula is C13H24N4O3S. The van der Waals surface area contributed by atoms with E-state index < -0.39 is 15.9 Å². The van der Waals surface area contributed by atoms with Crippen molar-refractivity contribution < 1.29 is 13.2 Å². The molecule has 0 saturated carbocycles. The van der Waals surface area contributed by atoms with Gasteiger partial charge in [-0.3, -0.25) is 9.89 Å². The van der Waals surface area contributed by atoms with Crippen LogP contribution >= 0.6 is 0 Å². The number of nitrogens with two attached hydrogens (primary N) is 1. The van der Waals surface area contributed by atoms with Crippen LogP contribution in [0.3, 0.4) is 0 Å². The third-order valence-corrected chi connectivity index (χ3v) is 4.52. The SMILES string of the molecule is CCCc1[nH]nc(C(=O)NCC(C)C(C)C)c1S(N)(=O)=O. The fourth-order valence-electron chi connectivity index (χ4n) is 1.82. The number of H-pyrrole nitrogens is 1. The van der Waals surface area contributed by atoms with Gasteiger partial charge in [-0.1, -0.05) is 34.1 Å². The summed E-state index contributed by atoms with van der Waals surface area (Å²) in [5.41, 5.74) is 0.221. The summed E-state index contributed by atoms with van der Waals surface area (Å²) < 4.78 is 23.4. The lowest BCUT2D eigenvalue weighted by Crippen LogP contribution is -2.31. The number of sulfonamides is 1. The molecule has 8 heteroatoms. The van der Waals surface area contributed by atoms with E-state index >= 15 is 0 Å². The summed E-state index contributed by atoms with van der Waals surface area (Å²) in [4.78, 5) is 11.9. The van der Waals surface area contributed by atoms with Gasteiger partial charge in [-0.05, 0) is 18.3 Å². The minimum atomic E-state index is -4.00. The van der Waals surface area contributed by atoms with Gasteiger partial charge in [0.15, 0.2) is 5.69 Å². The Balaban J connectivity index is 3.00. The molecule has 0 aliphatic rings.